The van der Waals surface area contributed by atoms with Crippen molar-refractivity contribution in [2.75, 3.05) is 13.1 Å². The highest BCUT2D eigenvalue weighted by Gasteiger charge is 2.30. The van der Waals surface area contributed by atoms with E-state index in [2.05, 4.69) is 6.07 Å². The SMILES string of the molecule is CCCN(CC(C)Sc1ccc(CCC(=O)O)c(C)c1)S(=O)(=O)c1sc2ccc(Cl)cc2c1C. The Balaban J connectivity index is 1.78. The Hall–Kier alpha value is -1.58. The van der Waals surface area contributed by atoms with Gasteiger partial charge < -0.3 is 5.11 Å². The molecule has 0 spiro atoms. The average Bonchev–Trinajstić information content (AvgIpc) is 3.09. The molecule has 3 rings (SSSR count). The van der Waals surface area contributed by atoms with Crippen molar-refractivity contribution in [2.45, 2.75) is 61.3 Å². The molecule has 1 atom stereocenters. The molecule has 0 saturated carbocycles. The van der Waals surface area contributed by atoms with Crippen LogP contribution in [0.3, 0.4) is 0 Å². The first-order valence-electron chi connectivity index (χ1n) is 11.2. The molecule has 0 fully saturated rings. The number of carboxylic acids is 1. The molecule has 5 nitrogen and oxygen atoms in total. The summed E-state index contributed by atoms with van der Waals surface area (Å²) in [5, 5.41) is 10.4. The number of sulfonamides is 1. The smallest absolute Gasteiger partial charge is 0.303 e. The van der Waals surface area contributed by atoms with Crippen LogP contribution in [0.2, 0.25) is 5.02 Å². The van der Waals surface area contributed by atoms with Gasteiger partial charge in [0.05, 0.1) is 0 Å². The molecular formula is C25H30ClNO4S3. The average molecular weight is 540 g/mol. The number of halogens is 1. The molecule has 9 heteroatoms. The summed E-state index contributed by atoms with van der Waals surface area (Å²) < 4.78 is 30.2. The molecule has 2 aromatic carbocycles. The third-order valence-electron chi connectivity index (χ3n) is 5.62. The van der Waals surface area contributed by atoms with E-state index in [1.54, 1.807) is 22.1 Å². The Labute approximate surface area is 215 Å². The van der Waals surface area contributed by atoms with Crippen LogP contribution in [0.1, 0.15) is 43.4 Å². The summed E-state index contributed by atoms with van der Waals surface area (Å²) in [7, 11) is -3.65. The van der Waals surface area contributed by atoms with E-state index in [1.807, 2.05) is 52.0 Å². The molecule has 34 heavy (non-hydrogen) atoms. The maximum absolute atomic E-state index is 13.7. The molecule has 0 radical (unpaired) electrons. The second-order valence-electron chi connectivity index (χ2n) is 8.43. The minimum absolute atomic E-state index is 0.0368. The Morgan fingerprint density at radius 3 is 2.59 bits per heavy atom. The zero-order valence-electron chi connectivity index (χ0n) is 19.8. The lowest BCUT2D eigenvalue weighted by atomic mass is 10.0. The van der Waals surface area contributed by atoms with E-state index >= 15 is 0 Å². The van der Waals surface area contributed by atoms with Gasteiger partial charge >= 0.3 is 5.97 Å². The number of benzene rings is 2. The van der Waals surface area contributed by atoms with Crippen molar-refractivity contribution in [2.24, 2.45) is 0 Å². The first-order chi connectivity index (χ1) is 16.0. The number of thiophene rings is 1. The monoisotopic (exact) mass is 539 g/mol. The molecule has 0 saturated heterocycles. The number of aryl methyl sites for hydroxylation is 3. The number of hydrogen-bond donors (Lipinski definition) is 1. The number of hydrogen-bond acceptors (Lipinski definition) is 5. The zero-order valence-corrected chi connectivity index (χ0v) is 23.0. The molecule has 0 aliphatic carbocycles. The van der Waals surface area contributed by atoms with Crippen LogP contribution >= 0.6 is 34.7 Å². The Kier molecular flexibility index (Phi) is 9.09. The number of carbonyl (C=O) groups is 1. The Morgan fingerprint density at radius 1 is 1.21 bits per heavy atom. The van der Waals surface area contributed by atoms with Crippen molar-refractivity contribution in [3.63, 3.8) is 0 Å². The number of thioether (sulfide) groups is 1. The van der Waals surface area contributed by atoms with E-state index in [4.69, 9.17) is 16.7 Å². The third kappa shape index (κ3) is 6.34. The summed E-state index contributed by atoms with van der Waals surface area (Å²) in [5.41, 5.74) is 2.82. The molecule has 1 unspecified atom stereocenters. The fourth-order valence-corrected chi connectivity index (χ4v) is 8.79. The fraction of sp³-hybridized carbons (Fsp3) is 0.400. The predicted molar refractivity (Wildman–Crippen MR) is 143 cm³/mol. The van der Waals surface area contributed by atoms with E-state index in [9.17, 15) is 13.2 Å². The summed E-state index contributed by atoms with van der Waals surface area (Å²) in [6.07, 6.45) is 1.34. The van der Waals surface area contributed by atoms with Crippen molar-refractivity contribution in [3.05, 3.63) is 58.1 Å². The van der Waals surface area contributed by atoms with Crippen LogP contribution in [0.15, 0.2) is 45.5 Å². The fourth-order valence-electron chi connectivity index (χ4n) is 3.91. The van der Waals surface area contributed by atoms with Gasteiger partial charge in [0.2, 0.25) is 0 Å². The summed E-state index contributed by atoms with van der Waals surface area (Å²) in [5.74, 6) is -0.805. The standard InChI is InChI=1S/C25H30ClNO4S3/c1-5-12-27(34(30,31)25-18(4)22-14-20(26)8-10-23(22)33-25)15-17(3)32-21-9-6-19(16(2)13-21)7-11-24(28)29/h6,8-10,13-14,17H,5,7,11-12,15H2,1-4H3,(H,28,29). The highest BCUT2D eigenvalue weighted by atomic mass is 35.5. The van der Waals surface area contributed by atoms with Crippen LogP contribution in [0.4, 0.5) is 0 Å². The van der Waals surface area contributed by atoms with Crippen LogP contribution in [0, 0.1) is 13.8 Å². The predicted octanol–water partition coefficient (Wildman–Crippen LogP) is 6.77. The molecule has 184 valence electrons. The van der Waals surface area contributed by atoms with Gasteiger partial charge in [0.1, 0.15) is 4.21 Å². The van der Waals surface area contributed by atoms with Crippen molar-refractivity contribution in [1.29, 1.82) is 0 Å². The maximum atomic E-state index is 13.7. The van der Waals surface area contributed by atoms with Gasteiger partial charge in [0.15, 0.2) is 0 Å². The highest BCUT2D eigenvalue weighted by Crippen LogP contribution is 2.37. The van der Waals surface area contributed by atoms with Gasteiger partial charge in [0.25, 0.3) is 10.0 Å². The molecule has 1 heterocycles. The minimum Gasteiger partial charge on any atom is -0.481 e. The van der Waals surface area contributed by atoms with Gasteiger partial charge in [0, 0.05) is 39.4 Å². The summed E-state index contributed by atoms with van der Waals surface area (Å²) in [6.45, 7) is 8.70. The van der Waals surface area contributed by atoms with Gasteiger partial charge in [-0.2, -0.15) is 4.31 Å². The molecular weight excluding hydrogens is 510 g/mol. The number of carboxylic acid groups (broad SMARTS) is 1. The quantitative estimate of drug-likeness (QED) is 0.272. The second-order valence-corrected chi connectivity index (χ2v) is 13.6. The first kappa shape index (κ1) is 27.0. The van der Waals surface area contributed by atoms with Crippen LogP contribution in [-0.2, 0) is 21.2 Å². The summed E-state index contributed by atoms with van der Waals surface area (Å²) in [4.78, 5) is 11.9. The van der Waals surface area contributed by atoms with Gasteiger partial charge in [-0.15, -0.1) is 23.1 Å². The summed E-state index contributed by atoms with van der Waals surface area (Å²) >= 11 is 9.07. The van der Waals surface area contributed by atoms with Crippen molar-refractivity contribution in [3.8, 4) is 0 Å². The topological polar surface area (TPSA) is 74.7 Å². The molecule has 1 aromatic heterocycles. The third-order valence-corrected chi connectivity index (χ3v) is 10.7. The van der Waals surface area contributed by atoms with Gasteiger partial charge in [-0.25, -0.2) is 8.42 Å². The van der Waals surface area contributed by atoms with Crippen LogP contribution < -0.4 is 0 Å². The zero-order chi connectivity index (χ0) is 25.0. The molecule has 3 aromatic rings. The largest absolute Gasteiger partial charge is 0.481 e. The molecule has 0 amide bonds. The van der Waals surface area contributed by atoms with Crippen molar-refractivity contribution in [1.82, 2.24) is 4.31 Å². The van der Waals surface area contributed by atoms with Gasteiger partial charge in [-0.3, -0.25) is 4.79 Å². The van der Waals surface area contributed by atoms with E-state index < -0.39 is 16.0 Å². The lowest BCUT2D eigenvalue weighted by molar-refractivity contribution is -0.136. The second kappa shape index (κ2) is 11.4. The van der Waals surface area contributed by atoms with E-state index in [0.717, 1.165) is 38.1 Å². The van der Waals surface area contributed by atoms with E-state index in [1.165, 1.54) is 11.3 Å². The van der Waals surface area contributed by atoms with Crippen LogP contribution in [0.5, 0.6) is 0 Å². The van der Waals surface area contributed by atoms with Crippen molar-refractivity contribution >= 4 is 60.8 Å². The molecule has 0 aliphatic rings. The van der Waals surface area contributed by atoms with Crippen molar-refractivity contribution < 1.29 is 18.3 Å². The molecule has 0 aliphatic heterocycles. The van der Waals surface area contributed by atoms with Gasteiger partial charge in [-0.05, 0) is 79.1 Å². The summed E-state index contributed by atoms with van der Waals surface area (Å²) in [6, 6.07) is 11.5. The van der Waals surface area contributed by atoms with Crippen LogP contribution in [-0.4, -0.2) is 42.1 Å². The Morgan fingerprint density at radius 2 is 1.94 bits per heavy atom. The Bertz CT molecular complexity index is 1290. The van der Waals surface area contributed by atoms with E-state index in [-0.39, 0.29) is 11.7 Å². The number of nitrogens with zero attached hydrogens (tertiary/aromatic N) is 1. The number of fused-ring (bicyclic) bond motifs is 1. The minimum atomic E-state index is -3.65. The number of rotatable bonds is 11. The van der Waals surface area contributed by atoms with Gasteiger partial charge in [-0.1, -0.05) is 31.5 Å². The molecule has 1 N–H and O–H groups in total. The molecule has 0 bridgehead atoms. The van der Waals surface area contributed by atoms with Crippen LogP contribution in [0.25, 0.3) is 10.1 Å². The highest BCUT2D eigenvalue weighted by molar-refractivity contribution is 8.00. The van der Waals surface area contributed by atoms with E-state index in [0.29, 0.717) is 28.7 Å². The normalized spacial score (nSPS) is 13.0. The first-order valence-corrected chi connectivity index (χ1v) is 14.7. The maximum Gasteiger partial charge on any atom is 0.303 e. The number of aliphatic carboxylic acids is 1. The lowest BCUT2D eigenvalue weighted by Gasteiger charge is -2.24. The lowest BCUT2D eigenvalue weighted by Crippen LogP contribution is -2.36.